The molecule has 1 saturated heterocycles. The SMILES string of the molecule is Cc1c(NC(=O)[C@@H]2CC(=O)N(c3cccc(Cl)c3Cl)C2)cccc1[N+](=O)[O-]. The van der Waals surface area contributed by atoms with Gasteiger partial charge in [0.05, 0.1) is 37.8 Å². The molecule has 0 radical (unpaired) electrons. The Morgan fingerprint density at radius 2 is 1.96 bits per heavy atom. The average molecular weight is 408 g/mol. The van der Waals surface area contributed by atoms with Gasteiger partial charge in [0.2, 0.25) is 11.8 Å². The van der Waals surface area contributed by atoms with Crippen molar-refractivity contribution < 1.29 is 14.5 Å². The first-order chi connectivity index (χ1) is 12.8. The van der Waals surface area contributed by atoms with E-state index in [1.807, 2.05) is 0 Å². The number of benzene rings is 2. The maximum absolute atomic E-state index is 12.6. The van der Waals surface area contributed by atoms with Gasteiger partial charge in [0.1, 0.15) is 0 Å². The lowest BCUT2D eigenvalue weighted by Crippen LogP contribution is -2.28. The quantitative estimate of drug-likeness (QED) is 0.606. The molecule has 1 heterocycles. The molecule has 1 fully saturated rings. The summed E-state index contributed by atoms with van der Waals surface area (Å²) in [5, 5.41) is 14.3. The zero-order valence-corrected chi connectivity index (χ0v) is 15.8. The number of nitro benzene ring substituents is 1. The lowest BCUT2D eigenvalue weighted by atomic mass is 10.1. The van der Waals surface area contributed by atoms with E-state index < -0.39 is 10.8 Å². The maximum Gasteiger partial charge on any atom is 0.274 e. The highest BCUT2D eigenvalue weighted by Crippen LogP contribution is 2.36. The van der Waals surface area contributed by atoms with Crippen LogP contribution in [0.15, 0.2) is 36.4 Å². The summed E-state index contributed by atoms with van der Waals surface area (Å²) >= 11 is 12.2. The minimum atomic E-state index is -0.605. The van der Waals surface area contributed by atoms with Gasteiger partial charge in [-0.1, -0.05) is 35.3 Å². The van der Waals surface area contributed by atoms with Crippen LogP contribution >= 0.6 is 23.2 Å². The van der Waals surface area contributed by atoms with Gasteiger partial charge in [-0.15, -0.1) is 0 Å². The molecule has 0 aromatic heterocycles. The molecule has 1 aliphatic rings. The summed E-state index contributed by atoms with van der Waals surface area (Å²) < 4.78 is 0. The van der Waals surface area contributed by atoms with Crippen molar-refractivity contribution in [2.24, 2.45) is 5.92 Å². The van der Waals surface area contributed by atoms with Crippen LogP contribution in [0.4, 0.5) is 17.1 Å². The minimum absolute atomic E-state index is 0.0165. The molecular formula is C18H15Cl2N3O4. The van der Waals surface area contributed by atoms with E-state index in [-0.39, 0.29) is 35.5 Å². The highest BCUT2D eigenvalue weighted by atomic mass is 35.5. The average Bonchev–Trinajstić information content (AvgIpc) is 3.00. The van der Waals surface area contributed by atoms with Crippen LogP contribution in [0.5, 0.6) is 0 Å². The number of anilines is 2. The fraction of sp³-hybridized carbons (Fsp3) is 0.222. The Kier molecular flexibility index (Phi) is 5.34. The summed E-state index contributed by atoms with van der Waals surface area (Å²) in [6.07, 6.45) is 0.0165. The molecule has 27 heavy (non-hydrogen) atoms. The van der Waals surface area contributed by atoms with E-state index in [0.29, 0.717) is 22.0 Å². The molecule has 140 valence electrons. The van der Waals surface area contributed by atoms with E-state index in [0.717, 1.165) is 0 Å². The van der Waals surface area contributed by atoms with Crippen LogP contribution in [0.2, 0.25) is 10.0 Å². The fourth-order valence-electron chi connectivity index (χ4n) is 3.01. The smallest absolute Gasteiger partial charge is 0.274 e. The molecule has 1 N–H and O–H groups in total. The van der Waals surface area contributed by atoms with Gasteiger partial charge in [0.15, 0.2) is 0 Å². The second-order valence-electron chi connectivity index (χ2n) is 6.17. The molecule has 7 nitrogen and oxygen atoms in total. The van der Waals surface area contributed by atoms with Crippen molar-refractivity contribution in [3.05, 3.63) is 62.1 Å². The molecule has 2 amide bonds. The third-order valence-corrected chi connectivity index (χ3v) is 5.29. The summed E-state index contributed by atoms with van der Waals surface area (Å²) in [6.45, 7) is 1.71. The zero-order chi connectivity index (χ0) is 19.7. The van der Waals surface area contributed by atoms with Crippen LogP contribution in [0.3, 0.4) is 0 Å². The first-order valence-corrected chi connectivity index (χ1v) is 8.84. The van der Waals surface area contributed by atoms with Crippen LogP contribution < -0.4 is 10.2 Å². The van der Waals surface area contributed by atoms with E-state index in [9.17, 15) is 19.7 Å². The third-order valence-electron chi connectivity index (χ3n) is 4.48. The molecular weight excluding hydrogens is 393 g/mol. The van der Waals surface area contributed by atoms with Crippen molar-refractivity contribution in [3.8, 4) is 0 Å². The second kappa shape index (κ2) is 7.54. The predicted octanol–water partition coefficient (Wildman–Crippen LogP) is 4.20. The number of amides is 2. The van der Waals surface area contributed by atoms with Crippen LogP contribution in [0.1, 0.15) is 12.0 Å². The topological polar surface area (TPSA) is 92.6 Å². The Morgan fingerprint density at radius 1 is 1.26 bits per heavy atom. The van der Waals surface area contributed by atoms with Gasteiger partial charge in [0.25, 0.3) is 5.69 Å². The molecule has 2 aromatic carbocycles. The Balaban J connectivity index is 1.78. The largest absolute Gasteiger partial charge is 0.325 e. The predicted molar refractivity (Wildman–Crippen MR) is 103 cm³/mol. The third kappa shape index (κ3) is 3.74. The van der Waals surface area contributed by atoms with Crippen LogP contribution in [-0.4, -0.2) is 23.3 Å². The lowest BCUT2D eigenvalue weighted by molar-refractivity contribution is -0.385. The lowest BCUT2D eigenvalue weighted by Gasteiger charge is -2.18. The number of carbonyl (C=O) groups is 2. The van der Waals surface area contributed by atoms with Crippen molar-refractivity contribution in [1.29, 1.82) is 0 Å². The number of hydrogen-bond donors (Lipinski definition) is 1. The normalized spacial score (nSPS) is 16.5. The number of nitrogens with one attached hydrogen (secondary N) is 1. The summed E-state index contributed by atoms with van der Waals surface area (Å²) in [6, 6.07) is 9.41. The van der Waals surface area contributed by atoms with Gasteiger partial charge in [0, 0.05) is 19.0 Å². The van der Waals surface area contributed by atoms with Gasteiger partial charge in [-0.25, -0.2) is 0 Å². The van der Waals surface area contributed by atoms with Crippen molar-refractivity contribution in [2.75, 3.05) is 16.8 Å². The van der Waals surface area contributed by atoms with Crippen LogP contribution in [0.25, 0.3) is 0 Å². The standard InChI is InChI=1S/C18H15Cl2N3O4/c1-10-13(5-3-6-14(10)23(26)27)21-18(25)11-8-16(24)22(9-11)15-7-2-4-12(19)17(15)20/h2-7,11H,8-9H2,1H3,(H,21,25)/t11-/m1/s1. The van der Waals surface area contributed by atoms with E-state index in [4.69, 9.17) is 23.2 Å². The Hall–Kier alpha value is -2.64. The van der Waals surface area contributed by atoms with Gasteiger partial charge in [-0.3, -0.25) is 19.7 Å². The fourth-order valence-corrected chi connectivity index (χ4v) is 3.41. The molecule has 1 atom stereocenters. The summed E-state index contributed by atoms with van der Waals surface area (Å²) in [5.74, 6) is -1.23. The molecule has 1 aliphatic heterocycles. The number of nitro groups is 1. The molecule has 0 saturated carbocycles. The van der Waals surface area contributed by atoms with E-state index in [1.165, 1.54) is 17.0 Å². The molecule has 0 aliphatic carbocycles. The van der Waals surface area contributed by atoms with Gasteiger partial charge in [-0.2, -0.15) is 0 Å². The molecule has 0 spiro atoms. The number of rotatable bonds is 4. The highest BCUT2D eigenvalue weighted by Gasteiger charge is 2.36. The van der Waals surface area contributed by atoms with Crippen molar-refractivity contribution in [1.82, 2.24) is 0 Å². The van der Waals surface area contributed by atoms with E-state index >= 15 is 0 Å². The molecule has 0 bridgehead atoms. The summed E-state index contributed by atoms with van der Waals surface area (Å²) in [5.41, 5.74) is 1.08. The van der Waals surface area contributed by atoms with E-state index in [2.05, 4.69) is 5.32 Å². The number of carbonyl (C=O) groups excluding carboxylic acids is 2. The van der Waals surface area contributed by atoms with Crippen molar-refractivity contribution in [2.45, 2.75) is 13.3 Å². The van der Waals surface area contributed by atoms with Crippen molar-refractivity contribution >= 4 is 52.1 Å². The Morgan fingerprint density at radius 3 is 2.67 bits per heavy atom. The van der Waals surface area contributed by atoms with Gasteiger partial charge < -0.3 is 10.2 Å². The van der Waals surface area contributed by atoms with E-state index in [1.54, 1.807) is 31.2 Å². The second-order valence-corrected chi connectivity index (χ2v) is 6.96. The number of hydrogen-bond acceptors (Lipinski definition) is 4. The van der Waals surface area contributed by atoms with Crippen molar-refractivity contribution in [3.63, 3.8) is 0 Å². The van der Waals surface area contributed by atoms with Crippen LogP contribution in [-0.2, 0) is 9.59 Å². The first-order valence-electron chi connectivity index (χ1n) is 8.09. The molecule has 3 rings (SSSR count). The Labute approximate surface area is 165 Å². The van der Waals surface area contributed by atoms with Crippen LogP contribution in [0, 0.1) is 23.0 Å². The minimum Gasteiger partial charge on any atom is -0.325 e. The number of halogens is 2. The molecule has 0 unspecified atom stereocenters. The highest BCUT2D eigenvalue weighted by molar-refractivity contribution is 6.44. The summed E-state index contributed by atoms with van der Waals surface area (Å²) in [4.78, 5) is 36.9. The molecule has 2 aromatic rings. The molecule has 9 heteroatoms. The maximum atomic E-state index is 12.6. The number of nitrogens with zero attached hydrogens (tertiary/aromatic N) is 2. The van der Waals surface area contributed by atoms with Gasteiger partial charge >= 0.3 is 0 Å². The van der Waals surface area contributed by atoms with Gasteiger partial charge in [-0.05, 0) is 25.1 Å². The summed E-state index contributed by atoms with van der Waals surface area (Å²) in [7, 11) is 0. The zero-order valence-electron chi connectivity index (χ0n) is 14.2. The first kappa shape index (κ1) is 19.1. The monoisotopic (exact) mass is 407 g/mol. The Bertz CT molecular complexity index is 948.